The molecule has 0 aliphatic carbocycles. The van der Waals surface area contributed by atoms with Gasteiger partial charge in [-0.2, -0.15) is 0 Å². The highest BCUT2D eigenvalue weighted by molar-refractivity contribution is 6.09. The van der Waals surface area contributed by atoms with Gasteiger partial charge in [0.2, 0.25) is 0 Å². The lowest BCUT2D eigenvalue weighted by molar-refractivity contribution is -0.132. The van der Waals surface area contributed by atoms with Gasteiger partial charge in [0, 0.05) is 12.1 Å². The van der Waals surface area contributed by atoms with Crippen molar-refractivity contribution >= 4 is 17.6 Å². The minimum atomic E-state index is -1.80. The zero-order chi connectivity index (χ0) is 17.3. The number of carbonyl (C=O) groups is 2. The first-order chi connectivity index (χ1) is 11.5. The van der Waals surface area contributed by atoms with Gasteiger partial charge in [0.1, 0.15) is 0 Å². The van der Waals surface area contributed by atoms with Crippen molar-refractivity contribution < 1.29 is 19.4 Å². The first kappa shape index (κ1) is 16.2. The quantitative estimate of drug-likeness (QED) is 0.877. The van der Waals surface area contributed by atoms with E-state index in [1.165, 1.54) is 4.90 Å². The summed E-state index contributed by atoms with van der Waals surface area (Å²) in [7, 11) is 0. The third kappa shape index (κ3) is 2.29. The first-order valence-corrected chi connectivity index (χ1v) is 7.95. The van der Waals surface area contributed by atoms with Crippen molar-refractivity contribution in [3.05, 3.63) is 65.2 Å². The average Bonchev–Trinajstić information content (AvgIpc) is 2.84. The topological polar surface area (TPSA) is 66.8 Å². The second kappa shape index (κ2) is 6.09. The van der Waals surface area contributed by atoms with Gasteiger partial charge in [0.05, 0.1) is 17.9 Å². The van der Waals surface area contributed by atoms with Crippen LogP contribution in [0.1, 0.15) is 35.3 Å². The van der Waals surface area contributed by atoms with E-state index in [1.807, 2.05) is 13.0 Å². The van der Waals surface area contributed by atoms with Crippen molar-refractivity contribution in [3.8, 4) is 0 Å². The average molecular weight is 325 g/mol. The van der Waals surface area contributed by atoms with Crippen LogP contribution in [0.3, 0.4) is 0 Å². The maximum Gasteiger partial charge on any atom is 0.338 e. The van der Waals surface area contributed by atoms with Crippen molar-refractivity contribution in [1.82, 2.24) is 0 Å². The molecular formula is C19H19NO4. The van der Waals surface area contributed by atoms with Crippen LogP contribution >= 0.6 is 0 Å². The molecule has 1 heterocycles. The summed E-state index contributed by atoms with van der Waals surface area (Å²) in [6, 6.07) is 13.6. The smallest absolute Gasteiger partial charge is 0.338 e. The van der Waals surface area contributed by atoms with E-state index in [9.17, 15) is 14.7 Å². The fraction of sp³-hybridized carbons (Fsp3) is 0.263. The Hall–Kier alpha value is -2.66. The Labute approximate surface area is 140 Å². The number of amides is 1. The van der Waals surface area contributed by atoms with Gasteiger partial charge in [-0.05, 0) is 37.6 Å². The molecule has 0 aromatic heterocycles. The molecule has 0 fully saturated rings. The number of aliphatic hydroxyl groups is 1. The summed E-state index contributed by atoms with van der Waals surface area (Å²) >= 11 is 0. The molecule has 1 unspecified atom stereocenters. The Bertz CT molecular complexity index is 787. The number of anilines is 1. The molecular weight excluding hydrogens is 306 g/mol. The van der Waals surface area contributed by atoms with Gasteiger partial charge in [0.25, 0.3) is 5.91 Å². The highest BCUT2D eigenvalue weighted by Gasteiger charge is 2.50. The van der Waals surface area contributed by atoms with Crippen molar-refractivity contribution in [2.45, 2.75) is 19.4 Å². The van der Waals surface area contributed by atoms with Crippen LogP contribution in [0.2, 0.25) is 0 Å². The number of hydrogen-bond donors (Lipinski definition) is 1. The number of hydrogen-bond acceptors (Lipinski definition) is 4. The number of esters is 1. The molecule has 3 rings (SSSR count). The summed E-state index contributed by atoms with van der Waals surface area (Å²) in [5.41, 5.74) is 0.0201. The van der Waals surface area contributed by atoms with E-state index in [1.54, 1.807) is 49.4 Å². The molecule has 124 valence electrons. The van der Waals surface area contributed by atoms with E-state index < -0.39 is 17.5 Å². The lowest BCUT2D eigenvalue weighted by Crippen LogP contribution is -2.41. The van der Waals surface area contributed by atoms with Crippen molar-refractivity contribution in [2.75, 3.05) is 18.1 Å². The second-order valence-electron chi connectivity index (χ2n) is 5.58. The maximum atomic E-state index is 12.9. The number of rotatable bonds is 4. The normalized spacial score (nSPS) is 19.3. The van der Waals surface area contributed by atoms with Gasteiger partial charge in [-0.3, -0.25) is 4.79 Å². The standard InChI is InChI=1S/C19H19NO4/c1-3-20-16-11-10-13(17(21)24-4-2)12-15(16)19(23,18(20)22)14-8-6-5-7-9-14/h5-12,23H,3-4H2,1-2H3. The Morgan fingerprint density at radius 1 is 1.17 bits per heavy atom. The molecule has 0 bridgehead atoms. The fourth-order valence-corrected chi connectivity index (χ4v) is 3.09. The first-order valence-electron chi connectivity index (χ1n) is 7.95. The van der Waals surface area contributed by atoms with Crippen molar-refractivity contribution in [2.24, 2.45) is 0 Å². The van der Waals surface area contributed by atoms with Gasteiger partial charge in [0.15, 0.2) is 5.60 Å². The number of fused-ring (bicyclic) bond motifs is 1. The van der Waals surface area contributed by atoms with Crippen molar-refractivity contribution in [3.63, 3.8) is 0 Å². The molecule has 0 radical (unpaired) electrons. The fourth-order valence-electron chi connectivity index (χ4n) is 3.09. The highest BCUT2D eigenvalue weighted by atomic mass is 16.5. The molecule has 0 saturated carbocycles. The summed E-state index contributed by atoms with van der Waals surface area (Å²) in [5, 5.41) is 11.3. The molecule has 1 atom stereocenters. The van der Waals surface area contributed by atoms with E-state index in [4.69, 9.17) is 4.74 Å². The van der Waals surface area contributed by atoms with Crippen LogP contribution in [-0.2, 0) is 15.1 Å². The zero-order valence-corrected chi connectivity index (χ0v) is 13.7. The minimum absolute atomic E-state index is 0.263. The summed E-state index contributed by atoms with van der Waals surface area (Å²) in [6.07, 6.45) is 0. The zero-order valence-electron chi connectivity index (χ0n) is 13.7. The number of carbonyl (C=O) groups excluding carboxylic acids is 2. The van der Waals surface area contributed by atoms with Crippen LogP contribution in [0.5, 0.6) is 0 Å². The van der Waals surface area contributed by atoms with E-state index in [2.05, 4.69) is 0 Å². The maximum absolute atomic E-state index is 12.9. The molecule has 2 aromatic carbocycles. The summed E-state index contributed by atoms with van der Waals surface area (Å²) < 4.78 is 5.02. The van der Waals surface area contributed by atoms with Gasteiger partial charge in [-0.1, -0.05) is 30.3 Å². The molecule has 0 saturated heterocycles. The second-order valence-corrected chi connectivity index (χ2v) is 5.58. The third-order valence-electron chi connectivity index (χ3n) is 4.25. The molecule has 0 spiro atoms. The van der Waals surface area contributed by atoms with Crippen LogP contribution in [0.25, 0.3) is 0 Å². The predicted octanol–water partition coefficient (Wildman–Crippen LogP) is 2.47. The van der Waals surface area contributed by atoms with Crippen LogP contribution in [0, 0.1) is 0 Å². The Balaban J connectivity index is 2.19. The molecule has 1 N–H and O–H groups in total. The predicted molar refractivity (Wildman–Crippen MR) is 89.9 cm³/mol. The van der Waals surface area contributed by atoms with Crippen molar-refractivity contribution in [1.29, 1.82) is 0 Å². The summed E-state index contributed by atoms with van der Waals surface area (Å²) in [6.45, 7) is 4.27. The Morgan fingerprint density at radius 3 is 2.50 bits per heavy atom. The van der Waals surface area contributed by atoms with Crippen LogP contribution in [0.4, 0.5) is 5.69 Å². The van der Waals surface area contributed by atoms with E-state index in [-0.39, 0.29) is 6.61 Å². The summed E-state index contributed by atoms with van der Waals surface area (Å²) in [4.78, 5) is 26.4. The lowest BCUT2D eigenvalue weighted by atomic mass is 9.87. The van der Waals surface area contributed by atoms with Crippen LogP contribution in [0.15, 0.2) is 48.5 Å². The number of ether oxygens (including phenoxy) is 1. The third-order valence-corrected chi connectivity index (χ3v) is 4.25. The number of nitrogens with zero attached hydrogens (tertiary/aromatic N) is 1. The molecule has 1 aliphatic rings. The van der Waals surface area contributed by atoms with Crippen LogP contribution < -0.4 is 4.90 Å². The highest BCUT2D eigenvalue weighted by Crippen LogP contribution is 2.44. The SMILES string of the molecule is CCOC(=O)c1ccc2c(c1)C(O)(c1ccccc1)C(=O)N2CC. The van der Waals surface area contributed by atoms with Gasteiger partial charge >= 0.3 is 5.97 Å². The monoisotopic (exact) mass is 325 g/mol. The lowest BCUT2D eigenvalue weighted by Gasteiger charge is -2.23. The number of benzene rings is 2. The van der Waals surface area contributed by atoms with Gasteiger partial charge in [-0.15, -0.1) is 0 Å². The molecule has 1 aliphatic heterocycles. The largest absolute Gasteiger partial charge is 0.462 e. The van der Waals surface area contributed by atoms with E-state index in [0.29, 0.717) is 28.9 Å². The molecule has 2 aromatic rings. The molecule has 5 nitrogen and oxygen atoms in total. The van der Waals surface area contributed by atoms with Gasteiger partial charge in [-0.25, -0.2) is 4.79 Å². The Kier molecular flexibility index (Phi) is 4.11. The number of likely N-dealkylation sites (N-methyl/N-ethyl adjacent to an activating group) is 1. The van der Waals surface area contributed by atoms with E-state index >= 15 is 0 Å². The van der Waals surface area contributed by atoms with Gasteiger partial charge < -0.3 is 14.7 Å². The molecule has 5 heteroatoms. The molecule has 24 heavy (non-hydrogen) atoms. The van der Waals surface area contributed by atoms with E-state index in [0.717, 1.165) is 0 Å². The Morgan fingerprint density at radius 2 is 1.88 bits per heavy atom. The minimum Gasteiger partial charge on any atom is -0.462 e. The van der Waals surface area contributed by atoms with Crippen LogP contribution in [-0.4, -0.2) is 30.1 Å². The summed E-state index contributed by atoms with van der Waals surface area (Å²) in [5.74, 6) is -0.884. The molecule has 1 amide bonds.